The van der Waals surface area contributed by atoms with Crippen LogP contribution in [-0.2, 0) is 4.79 Å². The van der Waals surface area contributed by atoms with Crippen molar-refractivity contribution >= 4 is 45.2 Å². The van der Waals surface area contributed by atoms with Crippen LogP contribution in [0.15, 0.2) is 52.1 Å². The van der Waals surface area contributed by atoms with Gasteiger partial charge in [-0.15, -0.1) is 16.6 Å². The van der Waals surface area contributed by atoms with Crippen molar-refractivity contribution in [3.63, 3.8) is 0 Å². The van der Waals surface area contributed by atoms with E-state index in [0.29, 0.717) is 21.8 Å². The Bertz CT molecular complexity index is 1060. The van der Waals surface area contributed by atoms with E-state index in [2.05, 4.69) is 37.4 Å². The summed E-state index contributed by atoms with van der Waals surface area (Å²) >= 11 is 11.0. The molecule has 0 aliphatic heterocycles. The normalized spacial score (nSPS) is 10.4. The zero-order valence-corrected chi connectivity index (χ0v) is 18.5. The molecule has 0 atom stereocenters. The van der Waals surface area contributed by atoms with Crippen LogP contribution in [-0.4, -0.2) is 40.1 Å². The van der Waals surface area contributed by atoms with E-state index in [4.69, 9.17) is 22.8 Å². The summed E-state index contributed by atoms with van der Waals surface area (Å²) in [5.74, 6) is 3.55. The van der Waals surface area contributed by atoms with Crippen molar-refractivity contribution in [3.05, 3.63) is 52.0 Å². The molecule has 1 N–H and O–H groups in total. The summed E-state index contributed by atoms with van der Waals surface area (Å²) in [6.45, 7) is 0.185. The molecule has 0 saturated carbocycles. The molecule has 1 heterocycles. The van der Waals surface area contributed by atoms with Crippen LogP contribution in [0, 0.1) is 12.3 Å². The number of benzene rings is 2. The van der Waals surface area contributed by atoms with Gasteiger partial charge in [-0.3, -0.25) is 9.36 Å². The van der Waals surface area contributed by atoms with Crippen molar-refractivity contribution in [2.24, 2.45) is 0 Å². The van der Waals surface area contributed by atoms with E-state index in [9.17, 15) is 4.79 Å². The SMILES string of the molecule is C#CCNC(=O)CSc1nnc(-c2ccc(Br)cc2)n1-c1ccc(OC)c(Cl)c1. The first kappa shape index (κ1) is 21.2. The number of nitrogens with one attached hydrogen (secondary N) is 1. The molecule has 0 saturated heterocycles. The molecule has 2 aromatic carbocycles. The van der Waals surface area contributed by atoms with E-state index in [1.807, 2.05) is 34.9 Å². The third-order valence-electron chi connectivity index (χ3n) is 3.85. The molecule has 148 valence electrons. The standard InChI is InChI=1S/C20H16BrClN4O2S/c1-3-10-23-18(27)12-29-20-25-24-19(13-4-6-14(21)7-5-13)26(20)15-8-9-17(28-2)16(22)11-15/h1,4-9,11H,10,12H2,2H3,(H,23,27). The Hall–Kier alpha value is -2.47. The predicted molar refractivity (Wildman–Crippen MR) is 119 cm³/mol. The maximum Gasteiger partial charge on any atom is 0.231 e. The highest BCUT2D eigenvalue weighted by Gasteiger charge is 2.18. The first-order valence-corrected chi connectivity index (χ1v) is 10.6. The predicted octanol–water partition coefficient (Wildman–Crippen LogP) is 4.20. The number of methoxy groups -OCH3 is 1. The highest BCUT2D eigenvalue weighted by Crippen LogP contribution is 2.32. The van der Waals surface area contributed by atoms with Crippen LogP contribution in [0.25, 0.3) is 17.1 Å². The van der Waals surface area contributed by atoms with Crippen LogP contribution < -0.4 is 10.1 Å². The van der Waals surface area contributed by atoms with Gasteiger partial charge in [-0.25, -0.2) is 0 Å². The minimum absolute atomic E-state index is 0.157. The van der Waals surface area contributed by atoms with Gasteiger partial charge in [0.1, 0.15) is 5.75 Å². The Kier molecular flexibility index (Phi) is 7.20. The number of halogens is 2. The Balaban J connectivity index is 2.00. The molecule has 0 spiro atoms. The number of rotatable bonds is 7. The summed E-state index contributed by atoms with van der Waals surface area (Å²) < 4.78 is 8.05. The van der Waals surface area contributed by atoms with Crippen molar-refractivity contribution in [2.75, 3.05) is 19.4 Å². The van der Waals surface area contributed by atoms with E-state index in [0.717, 1.165) is 15.7 Å². The van der Waals surface area contributed by atoms with E-state index >= 15 is 0 Å². The highest BCUT2D eigenvalue weighted by atomic mass is 79.9. The number of nitrogens with zero attached hydrogens (tertiary/aromatic N) is 3. The van der Waals surface area contributed by atoms with Crippen LogP contribution in [0.4, 0.5) is 0 Å². The molecule has 9 heteroatoms. The first-order valence-electron chi connectivity index (χ1n) is 8.41. The van der Waals surface area contributed by atoms with Gasteiger partial charge in [0.05, 0.1) is 30.1 Å². The second-order valence-electron chi connectivity index (χ2n) is 5.74. The number of thioether (sulfide) groups is 1. The molecule has 0 bridgehead atoms. The Morgan fingerprint density at radius 2 is 2.07 bits per heavy atom. The van der Waals surface area contributed by atoms with Gasteiger partial charge in [0.2, 0.25) is 5.91 Å². The fourth-order valence-electron chi connectivity index (χ4n) is 2.51. The molecular weight excluding hydrogens is 476 g/mol. The van der Waals surface area contributed by atoms with Gasteiger partial charge >= 0.3 is 0 Å². The van der Waals surface area contributed by atoms with Crippen molar-refractivity contribution in [3.8, 4) is 35.2 Å². The lowest BCUT2D eigenvalue weighted by Crippen LogP contribution is -2.25. The smallest absolute Gasteiger partial charge is 0.231 e. The maximum absolute atomic E-state index is 11.9. The lowest BCUT2D eigenvalue weighted by atomic mass is 10.2. The molecule has 29 heavy (non-hydrogen) atoms. The lowest BCUT2D eigenvalue weighted by Gasteiger charge is -2.12. The van der Waals surface area contributed by atoms with Gasteiger partial charge in [-0.2, -0.15) is 0 Å². The average molecular weight is 492 g/mol. The van der Waals surface area contributed by atoms with E-state index in [1.165, 1.54) is 11.8 Å². The summed E-state index contributed by atoms with van der Waals surface area (Å²) in [6.07, 6.45) is 5.18. The molecule has 0 aliphatic rings. The Morgan fingerprint density at radius 3 is 2.72 bits per heavy atom. The minimum Gasteiger partial charge on any atom is -0.495 e. The third kappa shape index (κ3) is 5.12. The van der Waals surface area contributed by atoms with Gasteiger partial charge in [-0.05, 0) is 30.3 Å². The molecule has 0 aliphatic carbocycles. The fraction of sp³-hybridized carbons (Fsp3) is 0.150. The number of terminal acetylenes is 1. The second kappa shape index (κ2) is 9.83. The van der Waals surface area contributed by atoms with Crippen LogP contribution >= 0.6 is 39.3 Å². The quantitative estimate of drug-likeness (QED) is 0.396. The number of hydrogen-bond donors (Lipinski definition) is 1. The zero-order valence-electron chi connectivity index (χ0n) is 15.4. The van der Waals surface area contributed by atoms with Gasteiger partial charge in [0.15, 0.2) is 11.0 Å². The summed E-state index contributed by atoms with van der Waals surface area (Å²) in [7, 11) is 1.56. The summed E-state index contributed by atoms with van der Waals surface area (Å²) in [5, 5.41) is 12.3. The van der Waals surface area contributed by atoms with Crippen LogP contribution in [0.1, 0.15) is 0 Å². The van der Waals surface area contributed by atoms with Crippen molar-refractivity contribution < 1.29 is 9.53 Å². The summed E-state index contributed by atoms with van der Waals surface area (Å²) in [6, 6.07) is 13.1. The highest BCUT2D eigenvalue weighted by molar-refractivity contribution is 9.10. The van der Waals surface area contributed by atoms with Crippen molar-refractivity contribution in [1.82, 2.24) is 20.1 Å². The number of amides is 1. The molecule has 0 unspecified atom stereocenters. The molecule has 0 fully saturated rings. The average Bonchev–Trinajstić information content (AvgIpc) is 3.15. The Morgan fingerprint density at radius 1 is 1.31 bits per heavy atom. The molecule has 0 radical (unpaired) electrons. The molecule has 3 aromatic rings. The van der Waals surface area contributed by atoms with Gasteiger partial charge in [0, 0.05) is 10.0 Å². The largest absolute Gasteiger partial charge is 0.495 e. The molecule has 1 aromatic heterocycles. The fourth-order valence-corrected chi connectivity index (χ4v) is 3.81. The number of ether oxygens (including phenoxy) is 1. The van der Waals surface area contributed by atoms with Crippen LogP contribution in [0.3, 0.4) is 0 Å². The van der Waals surface area contributed by atoms with Crippen molar-refractivity contribution in [2.45, 2.75) is 5.16 Å². The monoisotopic (exact) mass is 490 g/mol. The van der Waals surface area contributed by atoms with Gasteiger partial charge in [-0.1, -0.05) is 57.3 Å². The lowest BCUT2D eigenvalue weighted by molar-refractivity contribution is -0.118. The van der Waals surface area contributed by atoms with E-state index in [-0.39, 0.29) is 18.2 Å². The topological polar surface area (TPSA) is 69.0 Å². The van der Waals surface area contributed by atoms with Gasteiger partial charge < -0.3 is 10.1 Å². The molecule has 1 amide bonds. The number of aromatic nitrogens is 3. The zero-order chi connectivity index (χ0) is 20.8. The Labute approximate surface area is 186 Å². The molecule has 3 rings (SSSR count). The summed E-state index contributed by atoms with van der Waals surface area (Å²) in [5.41, 5.74) is 1.63. The van der Waals surface area contributed by atoms with Crippen LogP contribution in [0.5, 0.6) is 5.75 Å². The van der Waals surface area contributed by atoms with E-state index < -0.39 is 0 Å². The third-order valence-corrected chi connectivity index (χ3v) is 5.60. The van der Waals surface area contributed by atoms with Crippen molar-refractivity contribution in [1.29, 1.82) is 0 Å². The number of carbonyl (C=O) groups excluding carboxylic acids is 1. The van der Waals surface area contributed by atoms with E-state index in [1.54, 1.807) is 19.2 Å². The molecular formula is C20H16BrClN4O2S. The molecule has 6 nitrogen and oxygen atoms in total. The van der Waals surface area contributed by atoms with Crippen LogP contribution in [0.2, 0.25) is 5.02 Å². The minimum atomic E-state index is -0.180. The number of carbonyl (C=O) groups is 1. The summed E-state index contributed by atoms with van der Waals surface area (Å²) in [4.78, 5) is 11.9. The number of hydrogen-bond acceptors (Lipinski definition) is 5. The maximum atomic E-state index is 11.9. The first-order chi connectivity index (χ1) is 14.0. The second-order valence-corrected chi connectivity index (χ2v) is 8.00. The van der Waals surface area contributed by atoms with Gasteiger partial charge in [0.25, 0.3) is 0 Å².